The van der Waals surface area contributed by atoms with Gasteiger partial charge in [0.1, 0.15) is 11.5 Å². The molecule has 5 heteroatoms. The first-order valence-electron chi connectivity index (χ1n) is 5.10. The summed E-state index contributed by atoms with van der Waals surface area (Å²) in [4.78, 5) is 0. The monoisotopic (exact) mass is 247 g/mol. The molecule has 0 spiro atoms. The van der Waals surface area contributed by atoms with Crippen LogP contribution < -0.4 is 11.5 Å². The Bertz CT molecular complexity index is 391. The molecule has 0 saturated heterocycles. The molecule has 7 N–H and O–H groups in total. The summed E-state index contributed by atoms with van der Waals surface area (Å²) in [6.07, 6.45) is 0. The lowest BCUT2D eigenvalue weighted by molar-refractivity contribution is 0.475. The first-order chi connectivity index (χ1) is 8.52. The third kappa shape index (κ3) is 11.4. The van der Waals surface area contributed by atoms with Gasteiger partial charge in [0.2, 0.25) is 0 Å². The molecule has 96 valence electrons. The molecule has 0 fully saturated rings. The van der Waals surface area contributed by atoms with Crippen LogP contribution in [-0.2, 0) is 0 Å². The Hall–Kier alpha value is -2.69. The highest BCUT2D eigenvalue weighted by Crippen LogP contribution is 2.03. The third-order valence-corrected chi connectivity index (χ3v) is 1.51. The quantitative estimate of drug-likeness (QED) is 0.359. The van der Waals surface area contributed by atoms with E-state index in [1.165, 1.54) is 0 Å². The summed E-state index contributed by atoms with van der Waals surface area (Å²) in [6.45, 7) is 0. The molecule has 0 aliphatic heterocycles. The van der Waals surface area contributed by atoms with Crippen LogP contribution in [0.15, 0.2) is 60.7 Å². The van der Waals surface area contributed by atoms with Crippen LogP contribution in [0.5, 0.6) is 11.5 Å². The van der Waals surface area contributed by atoms with Gasteiger partial charge in [-0.2, -0.15) is 0 Å². The van der Waals surface area contributed by atoms with E-state index in [4.69, 9.17) is 15.6 Å². The summed E-state index contributed by atoms with van der Waals surface area (Å²) in [5.41, 5.74) is 8.94. The van der Waals surface area contributed by atoms with Crippen molar-refractivity contribution >= 4 is 5.96 Å². The first kappa shape index (κ1) is 15.3. The van der Waals surface area contributed by atoms with Crippen molar-refractivity contribution in [1.82, 2.24) is 0 Å². The molecule has 0 aromatic heterocycles. The molecule has 0 heterocycles. The zero-order valence-electron chi connectivity index (χ0n) is 9.82. The smallest absolute Gasteiger partial charge is 0.183 e. The molecule has 0 atom stereocenters. The SMILES string of the molecule is N=C(N)N.Oc1ccccc1.Oc1ccccc1. The minimum atomic E-state index is -0.333. The molecule has 2 aromatic rings. The maximum absolute atomic E-state index is 8.63. The number of aromatic hydroxyl groups is 2. The Balaban J connectivity index is 0.000000253. The molecule has 0 aliphatic rings. The van der Waals surface area contributed by atoms with Gasteiger partial charge in [0.25, 0.3) is 0 Å². The van der Waals surface area contributed by atoms with Gasteiger partial charge in [-0.15, -0.1) is 0 Å². The van der Waals surface area contributed by atoms with Gasteiger partial charge in [0.05, 0.1) is 0 Å². The Kier molecular flexibility index (Phi) is 8.11. The molecule has 0 radical (unpaired) electrons. The summed E-state index contributed by atoms with van der Waals surface area (Å²) in [5, 5.41) is 23.3. The number of phenolic OH excluding ortho intramolecular Hbond substituents is 2. The lowest BCUT2D eigenvalue weighted by atomic mass is 10.3. The molecular formula is C13H17N3O2. The number of guanidine groups is 1. The maximum Gasteiger partial charge on any atom is 0.183 e. The highest BCUT2D eigenvalue weighted by molar-refractivity contribution is 5.71. The summed E-state index contributed by atoms with van der Waals surface area (Å²) in [7, 11) is 0. The highest BCUT2D eigenvalue weighted by Gasteiger charge is 1.75. The topological polar surface area (TPSA) is 116 Å². The molecule has 0 unspecified atom stereocenters. The van der Waals surface area contributed by atoms with Crippen LogP contribution in [0.2, 0.25) is 0 Å². The summed E-state index contributed by atoms with van der Waals surface area (Å²) in [6, 6.07) is 17.4. The van der Waals surface area contributed by atoms with Crippen LogP contribution >= 0.6 is 0 Å². The molecule has 2 aromatic carbocycles. The van der Waals surface area contributed by atoms with Gasteiger partial charge >= 0.3 is 0 Å². The molecule has 0 amide bonds. The van der Waals surface area contributed by atoms with Crippen molar-refractivity contribution in [3.63, 3.8) is 0 Å². The van der Waals surface area contributed by atoms with Crippen LogP contribution in [0.25, 0.3) is 0 Å². The zero-order chi connectivity index (χ0) is 13.8. The molecule has 0 aliphatic carbocycles. The molecule has 2 rings (SSSR count). The predicted molar refractivity (Wildman–Crippen MR) is 72.3 cm³/mol. The van der Waals surface area contributed by atoms with Crippen LogP contribution in [-0.4, -0.2) is 16.2 Å². The number of nitrogens with one attached hydrogen (secondary N) is 1. The number of benzene rings is 2. The predicted octanol–water partition coefficient (Wildman–Crippen LogP) is 1.62. The largest absolute Gasteiger partial charge is 0.508 e. The Morgan fingerprint density at radius 2 is 0.944 bits per heavy atom. The standard InChI is InChI=1S/2C6H6O.CH5N3/c2*7-6-4-2-1-3-5-6;2-1(3)4/h2*1-5,7H;(H5,2,3,4). The van der Waals surface area contributed by atoms with E-state index in [0.29, 0.717) is 11.5 Å². The fourth-order valence-electron chi connectivity index (χ4n) is 0.856. The number of para-hydroxylation sites is 2. The van der Waals surface area contributed by atoms with Crippen LogP contribution in [0.1, 0.15) is 0 Å². The lowest BCUT2D eigenvalue weighted by Gasteiger charge is -1.82. The minimum absolute atomic E-state index is 0.322. The van der Waals surface area contributed by atoms with E-state index in [2.05, 4.69) is 11.5 Å². The van der Waals surface area contributed by atoms with Crippen molar-refractivity contribution in [2.24, 2.45) is 11.5 Å². The Labute approximate surface area is 106 Å². The van der Waals surface area contributed by atoms with Gasteiger partial charge in [-0.1, -0.05) is 36.4 Å². The van der Waals surface area contributed by atoms with E-state index in [1.807, 2.05) is 12.1 Å². The van der Waals surface area contributed by atoms with Crippen molar-refractivity contribution in [2.45, 2.75) is 0 Å². The highest BCUT2D eigenvalue weighted by atomic mass is 16.3. The molecule has 5 nitrogen and oxygen atoms in total. The lowest BCUT2D eigenvalue weighted by Crippen LogP contribution is -2.20. The maximum atomic E-state index is 8.63. The summed E-state index contributed by atoms with van der Waals surface area (Å²) in [5.74, 6) is 0.310. The number of nitrogens with two attached hydrogens (primary N) is 2. The van der Waals surface area contributed by atoms with Crippen LogP contribution in [0.3, 0.4) is 0 Å². The van der Waals surface area contributed by atoms with Crippen molar-refractivity contribution < 1.29 is 10.2 Å². The first-order valence-corrected chi connectivity index (χ1v) is 5.10. The number of hydrogen-bond donors (Lipinski definition) is 5. The van der Waals surface area contributed by atoms with Gasteiger partial charge < -0.3 is 21.7 Å². The van der Waals surface area contributed by atoms with Crippen molar-refractivity contribution in [2.75, 3.05) is 0 Å². The average Bonchev–Trinajstić information content (AvgIpc) is 2.31. The van der Waals surface area contributed by atoms with E-state index in [1.54, 1.807) is 48.5 Å². The fraction of sp³-hybridized carbons (Fsp3) is 0. The van der Waals surface area contributed by atoms with E-state index < -0.39 is 0 Å². The minimum Gasteiger partial charge on any atom is -0.508 e. The molecule has 0 saturated carbocycles. The number of rotatable bonds is 0. The Morgan fingerprint density at radius 1 is 0.722 bits per heavy atom. The Morgan fingerprint density at radius 3 is 1.06 bits per heavy atom. The molecule has 0 bridgehead atoms. The van der Waals surface area contributed by atoms with E-state index >= 15 is 0 Å². The van der Waals surface area contributed by atoms with E-state index in [9.17, 15) is 0 Å². The summed E-state index contributed by atoms with van der Waals surface area (Å²) >= 11 is 0. The van der Waals surface area contributed by atoms with Gasteiger partial charge in [0, 0.05) is 0 Å². The average molecular weight is 247 g/mol. The van der Waals surface area contributed by atoms with Gasteiger partial charge in [-0.25, -0.2) is 0 Å². The van der Waals surface area contributed by atoms with Crippen molar-refractivity contribution in [3.8, 4) is 11.5 Å². The molecule has 18 heavy (non-hydrogen) atoms. The van der Waals surface area contributed by atoms with E-state index in [0.717, 1.165) is 0 Å². The third-order valence-electron chi connectivity index (χ3n) is 1.51. The second-order valence-corrected chi connectivity index (χ2v) is 3.13. The van der Waals surface area contributed by atoms with Crippen LogP contribution in [0, 0.1) is 5.41 Å². The zero-order valence-corrected chi connectivity index (χ0v) is 9.82. The van der Waals surface area contributed by atoms with Gasteiger partial charge in [-0.05, 0) is 24.3 Å². The van der Waals surface area contributed by atoms with Crippen molar-refractivity contribution in [3.05, 3.63) is 60.7 Å². The fourth-order valence-corrected chi connectivity index (χ4v) is 0.856. The van der Waals surface area contributed by atoms with Crippen LogP contribution in [0.4, 0.5) is 0 Å². The second kappa shape index (κ2) is 9.53. The molecular weight excluding hydrogens is 230 g/mol. The van der Waals surface area contributed by atoms with Crippen molar-refractivity contribution in [1.29, 1.82) is 5.41 Å². The second-order valence-electron chi connectivity index (χ2n) is 3.13. The number of hydrogen-bond acceptors (Lipinski definition) is 3. The van der Waals surface area contributed by atoms with E-state index in [-0.39, 0.29) is 5.96 Å². The normalized spacial score (nSPS) is 8.00. The van der Waals surface area contributed by atoms with Gasteiger partial charge in [-0.3, -0.25) is 5.41 Å². The summed E-state index contributed by atoms with van der Waals surface area (Å²) < 4.78 is 0. The number of phenols is 2. The van der Waals surface area contributed by atoms with Gasteiger partial charge in [0.15, 0.2) is 5.96 Å².